The van der Waals surface area contributed by atoms with E-state index in [1.54, 1.807) is 4.90 Å². The number of hydrogen-bond donors (Lipinski definition) is 1. The summed E-state index contributed by atoms with van der Waals surface area (Å²) >= 11 is 0. The maximum absolute atomic E-state index is 12.5. The highest BCUT2D eigenvalue weighted by Crippen LogP contribution is 2.14. The summed E-state index contributed by atoms with van der Waals surface area (Å²) in [7, 11) is 1.82. The fraction of sp³-hybridized carbons (Fsp3) is 0.474. The Kier molecular flexibility index (Phi) is 7.64. The van der Waals surface area contributed by atoms with E-state index in [0.717, 1.165) is 23.5 Å². The standard InChI is InChI=1S/C19H28N4O.ClH/c1-13(2)18(20)10-11-22(5)19(24)16-6-8-17(9-7-16)23-15(4)12-14(3)21-23;/h6-9,12-13,18H,10-11,20H2,1-5H3;1H. The van der Waals surface area contributed by atoms with Crippen molar-refractivity contribution in [2.75, 3.05) is 13.6 Å². The lowest BCUT2D eigenvalue weighted by Gasteiger charge is -2.21. The van der Waals surface area contributed by atoms with E-state index >= 15 is 0 Å². The van der Waals surface area contributed by atoms with Crippen LogP contribution in [0, 0.1) is 19.8 Å². The van der Waals surface area contributed by atoms with Crippen LogP contribution in [0.5, 0.6) is 0 Å². The number of nitrogens with two attached hydrogens (primary N) is 1. The van der Waals surface area contributed by atoms with Crippen LogP contribution in [0.15, 0.2) is 30.3 Å². The van der Waals surface area contributed by atoms with Gasteiger partial charge in [-0.1, -0.05) is 13.8 Å². The van der Waals surface area contributed by atoms with Gasteiger partial charge in [0.2, 0.25) is 0 Å². The van der Waals surface area contributed by atoms with E-state index in [-0.39, 0.29) is 24.4 Å². The Morgan fingerprint density at radius 1 is 1.24 bits per heavy atom. The predicted molar refractivity (Wildman–Crippen MR) is 105 cm³/mol. The number of amides is 1. The number of halogens is 1. The van der Waals surface area contributed by atoms with E-state index in [1.165, 1.54) is 0 Å². The van der Waals surface area contributed by atoms with Crippen molar-refractivity contribution in [1.82, 2.24) is 14.7 Å². The quantitative estimate of drug-likeness (QED) is 0.854. The molecule has 0 saturated carbocycles. The molecule has 25 heavy (non-hydrogen) atoms. The van der Waals surface area contributed by atoms with Gasteiger partial charge in [-0.2, -0.15) is 5.10 Å². The summed E-state index contributed by atoms with van der Waals surface area (Å²) in [6.45, 7) is 8.86. The summed E-state index contributed by atoms with van der Waals surface area (Å²) in [5.74, 6) is 0.444. The Morgan fingerprint density at radius 3 is 2.32 bits per heavy atom. The van der Waals surface area contributed by atoms with Crippen LogP contribution in [0.3, 0.4) is 0 Å². The maximum Gasteiger partial charge on any atom is 0.253 e. The summed E-state index contributed by atoms with van der Waals surface area (Å²) in [5.41, 5.74) is 9.75. The Bertz CT molecular complexity index is 694. The minimum Gasteiger partial charge on any atom is -0.342 e. The monoisotopic (exact) mass is 364 g/mol. The lowest BCUT2D eigenvalue weighted by Crippen LogP contribution is -2.34. The Morgan fingerprint density at radius 2 is 1.84 bits per heavy atom. The number of carbonyl (C=O) groups is 1. The third-order valence-electron chi connectivity index (χ3n) is 4.37. The molecular weight excluding hydrogens is 336 g/mol. The second-order valence-corrected chi connectivity index (χ2v) is 6.81. The van der Waals surface area contributed by atoms with Crippen LogP contribution in [-0.2, 0) is 0 Å². The number of aryl methyl sites for hydroxylation is 2. The van der Waals surface area contributed by atoms with Crippen LogP contribution in [-0.4, -0.2) is 40.2 Å². The van der Waals surface area contributed by atoms with Crippen molar-refractivity contribution >= 4 is 18.3 Å². The highest BCUT2D eigenvalue weighted by molar-refractivity contribution is 5.94. The SMILES string of the molecule is Cc1cc(C)n(-c2ccc(C(=O)N(C)CCC(N)C(C)C)cc2)n1.Cl. The van der Waals surface area contributed by atoms with Gasteiger partial charge in [0.1, 0.15) is 0 Å². The zero-order valence-electron chi connectivity index (χ0n) is 15.7. The first-order valence-corrected chi connectivity index (χ1v) is 8.44. The molecule has 2 aromatic rings. The van der Waals surface area contributed by atoms with Crippen LogP contribution < -0.4 is 5.73 Å². The van der Waals surface area contributed by atoms with Crippen molar-refractivity contribution in [2.24, 2.45) is 11.7 Å². The van der Waals surface area contributed by atoms with Gasteiger partial charge in [-0.25, -0.2) is 4.68 Å². The minimum absolute atomic E-state index is 0. The summed E-state index contributed by atoms with van der Waals surface area (Å²) in [4.78, 5) is 14.2. The predicted octanol–water partition coefficient (Wildman–Crippen LogP) is 3.36. The van der Waals surface area contributed by atoms with Gasteiger partial charge in [0.15, 0.2) is 0 Å². The number of carbonyl (C=O) groups excluding carboxylic acids is 1. The van der Waals surface area contributed by atoms with E-state index < -0.39 is 0 Å². The van der Waals surface area contributed by atoms with E-state index in [4.69, 9.17) is 5.73 Å². The second kappa shape index (κ2) is 9.02. The number of rotatable bonds is 6. The summed E-state index contributed by atoms with van der Waals surface area (Å²) in [6, 6.07) is 9.72. The first-order chi connectivity index (χ1) is 11.3. The van der Waals surface area contributed by atoms with Gasteiger partial charge in [-0.15, -0.1) is 12.4 Å². The third kappa shape index (κ3) is 5.31. The zero-order valence-corrected chi connectivity index (χ0v) is 16.5. The van der Waals surface area contributed by atoms with Crippen LogP contribution >= 0.6 is 12.4 Å². The van der Waals surface area contributed by atoms with Crippen LogP contribution in [0.2, 0.25) is 0 Å². The molecule has 1 atom stereocenters. The average molecular weight is 365 g/mol. The minimum atomic E-state index is 0. The van der Waals surface area contributed by atoms with Crippen molar-refractivity contribution in [3.8, 4) is 5.69 Å². The molecule has 0 spiro atoms. The molecule has 1 unspecified atom stereocenters. The first kappa shape index (κ1) is 21.2. The highest BCUT2D eigenvalue weighted by atomic mass is 35.5. The largest absolute Gasteiger partial charge is 0.342 e. The maximum atomic E-state index is 12.5. The van der Waals surface area contributed by atoms with Gasteiger partial charge < -0.3 is 10.6 Å². The van der Waals surface area contributed by atoms with Gasteiger partial charge >= 0.3 is 0 Å². The van der Waals surface area contributed by atoms with Crippen molar-refractivity contribution in [2.45, 2.75) is 40.2 Å². The molecule has 5 nitrogen and oxygen atoms in total. The number of benzene rings is 1. The molecule has 138 valence electrons. The molecule has 2 rings (SSSR count). The first-order valence-electron chi connectivity index (χ1n) is 8.44. The van der Waals surface area contributed by atoms with Crippen molar-refractivity contribution in [1.29, 1.82) is 0 Å². The molecule has 6 heteroatoms. The molecule has 0 bridgehead atoms. The summed E-state index contributed by atoms with van der Waals surface area (Å²) in [5, 5.41) is 4.46. The second-order valence-electron chi connectivity index (χ2n) is 6.81. The van der Waals surface area contributed by atoms with Crippen LogP contribution in [0.25, 0.3) is 5.69 Å². The summed E-state index contributed by atoms with van der Waals surface area (Å²) < 4.78 is 1.88. The molecule has 0 aliphatic heterocycles. The summed E-state index contributed by atoms with van der Waals surface area (Å²) in [6.07, 6.45) is 0.809. The molecule has 0 aliphatic carbocycles. The number of nitrogens with zero attached hydrogens (tertiary/aromatic N) is 3. The van der Waals surface area contributed by atoms with Gasteiger partial charge in [0.25, 0.3) is 5.91 Å². The van der Waals surface area contributed by atoms with Crippen molar-refractivity contribution in [3.05, 3.63) is 47.3 Å². The molecule has 1 aromatic carbocycles. The fourth-order valence-electron chi connectivity index (χ4n) is 2.63. The molecule has 1 amide bonds. The van der Waals surface area contributed by atoms with Crippen molar-refractivity contribution in [3.63, 3.8) is 0 Å². The average Bonchev–Trinajstić information content (AvgIpc) is 2.90. The Hall–Kier alpha value is -1.85. The molecule has 1 aromatic heterocycles. The Balaban J connectivity index is 0.00000312. The lowest BCUT2D eigenvalue weighted by molar-refractivity contribution is 0.0789. The van der Waals surface area contributed by atoms with E-state index in [0.29, 0.717) is 18.0 Å². The lowest BCUT2D eigenvalue weighted by atomic mass is 10.0. The molecule has 1 heterocycles. The van der Waals surface area contributed by atoms with Crippen LogP contribution in [0.4, 0.5) is 0 Å². The smallest absolute Gasteiger partial charge is 0.253 e. The van der Waals surface area contributed by atoms with E-state index in [2.05, 4.69) is 18.9 Å². The van der Waals surface area contributed by atoms with Gasteiger partial charge in [0.05, 0.1) is 11.4 Å². The Labute approximate surface area is 156 Å². The zero-order chi connectivity index (χ0) is 17.9. The molecular formula is C19H29ClN4O. The van der Waals surface area contributed by atoms with Gasteiger partial charge in [-0.3, -0.25) is 4.79 Å². The molecule has 0 aliphatic rings. The topological polar surface area (TPSA) is 64.2 Å². The van der Waals surface area contributed by atoms with E-state index in [1.807, 2.05) is 55.9 Å². The fourth-order valence-corrected chi connectivity index (χ4v) is 2.63. The number of hydrogen-bond acceptors (Lipinski definition) is 3. The molecule has 0 fully saturated rings. The van der Waals surface area contributed by atoms with Gasteiger partial charge in [0, 0.05) is 30.9 Å². The van der Waals surface area contributed by atoms with E-state index in [9.17, 15) is 4.79 Å². The third-order valence-corrected chi connectivity index (χ3v) is 4.37. The molecule has 0 saturated heterocycles. The van der Waals surface area contributed by atoms with Crippen LogP contribution in [0.1, 0.15) is 42.0 Å². The van der Waals surface area contributed by atoms with Crippen molar-refractivity contribution < 1.29 is 4.79 Å². The molecule has 0 radical (unpaired) electrons. The number of aromatic nitrogens is 2. The molecule has 2 N–H and O–H groups in total. The normalized spacial score (nSPS) is 12.0. The highest BCUT2D eigenvalue weighted by Gasteiger charge is 2.15. The van der Waals surface area contributed by atoms with Gasteiger partial charge in [-0.05, 0) is 56.5 Å².